The van der Waals surface area contributed by atoms with Crippen molar-refractivity contribution in [1.29, 1.82) is 0 Å². The predicted octanol–water partition coefficient (Wildman–Crippen LogP) is 13.0. The summed E-state index contributed by atoms with van der Waals surface area (Å²) in [5.41, 5.74) is 15.0. The summed E-state index contributed by atoms with van der Waals surface area (Å²) in [5, 5.41) is 9.78. The topological polar surface area (TPSA) is 35.1 Å². The lowest BCUT2D eigenvalue weighted by Crippen LogP contribution is -2.14. The molecule has 0 spiro atoms. The summed E-state index contributed by atoms with van der Waals surface area (Å²) in [6.45, 7) is 4.75. The maximum Gasteiger partial charge on any atom is 0.165 e. The van der Waals surface area contributed by atoms with Crippen molar-refractivity contribution in [1.82, 2.24) is 18.9 Å². The van der Waals surface area contributed by atoms with Gasteiger partial charge in [0.05, 0.1) is 38.6 Å². The van der Waals surface area contributed by atoms with E-state index in [0.717, 1.165) is 49.9 Å². The van der Waals surface area contributed by atoms with Crippen LogP contribution < -0.4 is 0 Å². The van der Waals surface area contributed by atoms with Crippen molar-refractivity contribution in [3.63, 3.8) is 0 Å². The van der Waals surface area contributed by atoms with E-state index < -0.39 is 0 Å². The molecule has 0 bridgehead atoms. The van der Waals surface area contributed by atoms with Gasteiger partial charge in [-0.1, -0.05) is 147 Å². The van der Waals surface area contributed by atoms with E-state index in [1.165, 1.54) is 71.1 Å². The van der Waals surface area contributed by atoms with Gasteiger partial charge in [-0.15, -0.1) is 0 Å². The lowest BCUT2D eigenvalue weighted by Gasteiger charge is -2.21. The zero-order valence-electron chi connectivity index (χ0n) is 30.3. The van der Waals surface area contributed by atoms with Gasteiger partial charge in [-0.2, -0.15) is 0 Å². The molecule has 13 rings (SSSR count). The molecule has 4 aromatic heterocycles. The van der Waals surface area contributed by atoms with Gasteiger partial charge in [0.25, 0.3) is 0 Å². The quantitative estimate of drug-likeness (QED) is 0.168. The van der Waals surface area contributed by atoms with Gasteiger partial charge in [0.2, 0.25) is 0 Å². The van der Waals surface area contributed by atoms with Crippen molar-refractivity contribution < 1.29 is 0 Å². The SMILES string of the molecule is CC1(C)c2ccccc2-c2c1ccc1c3cccc4c5cccc6c5c5c(cccc5n(c21)c43)n6-c1nc2ccc3ccccc3c2nc1-c1ccccc1. The summed E-state index contributed by atoms with van der Waals surface area (Å²) in [6, 6.07) is 57.5. The number of aromatic nitrogens is 4. The molecule has 4 heteroatoms. The van der Waals surface area contributed by atoms with Gasteiger partial charge in [0.1, 0.15) is 5.69 Å². The normalized spacial score (nSPS) is 13.8. The lowest BCUT2D eigenvalue weighted by molar-refractivity contribution is 0.661. The standard InChI is InChI=1S/C51H32N4/c1-51(2)37-21-9-8-17-36(37)43-38(51)27-26-35-34-20-10-19-33-32-18-11-22-40-44(32)45-41(23-12-24-42(45)55(48(33)34)49(35)43)54(40)50-46(30-14-4-3-5-15-30)53-47-31-16-7-6-13-29(31)25-28-39(47)52-50/h3-28H,1-2H3. The van der Waals surface area contributed by atoms with E-state index in [9.17, 15) is 0 Å². The molecule has 0 N–H and O–H groups in total. The van der Waals surface area contributed by atoms with Gasteiger partial charge >= 0.3 is 0 Å². The Hall–Kier alpha value is -7.04. The van der Waals surface area contributed by atoms with Crippen LogP contribution in [0.15, 0.2) is 158 Å². The molecular weight excluding hydrogens is 669 g/mol. The van der Waals surface area contributed by atoms with E-state index in [1.54, 1.807) is 0 Å². The molecule has 8 aromatic carbocycles. The maximum absolute atomic E-state index is 5.55. The summed E-state index contributed by atoms with van der Waals surface area (Å²) in [7, 11) is 0. The fourth-order valence-electron chi connectivity index (χ4n) is 10.3. The fourth-order valence-corrected chi connectivity index (χ4v) is 10.3. The van der Waals surface area contributed by atoms with Crippen LogP contribution in [0.1, 0.15) is 25.0 Å². The monoisotopic (exact) mass is 700 g/mol. The van der Waals surface area contributed by atoms with Crippen LogP contribution in [0, 0.1) is 0 Å². The first-order chi connectivity index (χ1) is 27.1. The molecule has 0 fully saturated rings. The number of benzene rings is 8. The molecule has 0 unspecified atom stereocenters. The maximum atomic E-state index is 5.55. The first kappa shape index (κ1) is 29.4. The van der Waals surface area contributed by atoms with E-state index >= 15 is 0 Å². The van der Waals surface area contributed by atoms with Gasteiger partial charge in [-0.25, -0.2) is 9.97 Å². The summed E-state index contributed by atoms with van der Waals surface area (Å²) < 4.78 is 4.97. The van der Waals surface area contributed by atoms with Crippen LogP contribution in [0.5, 0.6) is 0 Å². The molecule has 0 radical (unpaired) electrons. The number of fused-ring (bicyclic) bond motifs is 12. The highest BCUT2D eigenvalue weighted by atomic mass is 15.1. The lowest BCUT2D eigenvalue weighted by atomic mass is 9.82. The highest BCUT2D eigenvalue weighted by Crippen LogP contribution is 2.54. The number of hydrogen-bond acceptors (Lipinski definition) is 2. The second kappa shape index (κ2) is 10.1. The second-order valence-electron chi connectivity index (χ2n) is 15.7. The number of rotatable bonds is 2. The predicted molar refractivity (Wildman–Crippen MR) is 229 cm³/mol. The third-order valence-electron chi connectivity index (χ3n) is 12.6. The number of hydrogen-bond donors (Lipinski definition) is 0. The van der Waals surface area contributed by atoms with Gasteiger partial charge < -0.3 is 4.40 Å². The Balaban J connectivity index is 1.26. The Morgan fingerprint density at radius 2 is 1.15 bits per heavy atom. The Kier molecular flexibility index (Phi) is 5.42. The minimum atomic E-state index is -0.107. The fraction of sp³-hybridized carbons (Fsp3) is 0.0588. The molecule has 0 atom stereocenters. The average molecular weight is 701 g/mol. The molecule has 1 aliphatic rings. The van der Waals surface area contributed by atoms with Crippen molar-refractivity contribution in [3.8, 4) is 28.2 Å². The molecule has 4 nitrogen and oxygen atoms in total. The molecule has 0 saturated carbocycles. The minimum absolute atomic E-state index is 0.107. The van der Waals surface area contributed by atoms with Crippen molar-refractivity contribution >= 4 is 81.7 Å². The van der Waals surface area contributed by atoms with Crippen LogP contribution in [-0.4, -0.2) is 18.9 Å². The number of nitrogens with zero attached hydrogens (tertiary/aromatic N) is 4. The first-order valence-corrected chi connectivity index (χ1v) is 19.1. The zero-order valence-corrected chi connectivity index (χ0v) is 30.3. The van der Waals surface area contributed by atoms with Crippen molar-refractivity contribution in [3.05, 3.63) is 169 Å². The molecule has 0 saturated heterocycles. The Morgan fingerprint density at radius 1 is 0.473 bits per heavy atom. The van der Waals surface area contributed by atoms with E-state index in [0.29, 0.717) is 0 Å². The highest BCUT2D eigenvalue weighted by molar-refractivity contribution is 6.32. The second-order valence-corrected chi connectivity index (χ2v) is 15.7. The summed E-state index contributed by atoms with van der Waals surface area (Å²) >= 11 is 0. The Labute approximate surface area is 315 Å². The van der Waals surface area contributed by atoms with Crippen LogP contribution >= 0.6 is 0 Å². The Bertz CT molecular complexity index is 3620. The largest absolute Gasteiger partial charge is 0.307 e. The smallest absolute Gasteiger partial charge is 0.165 e. The van der Waals surface area contributed by atoms with Crippen LogP contribution in [0.2, 0.25) is 0 Å². The molecular formula is C51H32N4. The van der Waals surface area contributed by atoms with E-state index in [-0.39, 0.29) is 5.41 Å². The zero-order chi connectivity index (χ0) is 36.2. The average Bonchev–Trinajstić information content (AvgIpc) is 3.80. The van der Waals surface area contributed by atoms with Gasteiger partial charge in [0.15, 0.2) is 5.82 Å². The molecule has 4 heterocycles. The molecule has 1 aliphatic carbocycles. The van der Waals surface area contributed by atoms with Gasteiger partial charge in [-0.3, -0.25) is 4.57 Å². The summed E-state index contributed by atoms with van der Waals surface area (Å²) in [5.74, 6) is 0.830. The third-order valence-corrected chi connectivity index (χ3v) is 12.6. The van der Waals surface area contributed by atoms with Gasteiger partial charge in [-0.05, 0) is 51.7 Å². The van der Waals surface area contributed by atoms with E-state index in [4.69, 9.17) is 9.97 Å². The first-order valence-electron chi connectivity index (χ1n) is 19.1. The molecule has 0 amide bonds. The van der Waals surface area contributed by atoms with Crippen LogP contribution in [0.3, 0.4) is 0 Å². The van der Waals surface area contributed by atoms with E-state index in [2.05, 4.69) is 181 Å². The summed E-state index contributed by atoms with van der Waals surface area (Å²) in [6.07, 6.45) is 0. The summed E-state index contributed by atoms with van der Waals surface area (Å²) in [4.78, 5) is 11.1. The van der Waals surface area contributed by atoms with Crippen molar-refractivity contribution in [2.75, 3.05) is 0 Å². The Morgan fingerprint density at radius 3 is 2.04 bits per heavy atom. The van der Waals surface area contributed by atoms with Crippen LogP contribution in [0.4, 0.5) is 0 Å². The van der Waals surface area contributed by atoms with Crippen LogP contribution in [-0.2, 0) is 5.41 Å². The molecule has 55 heavy (non-hydrogen) atoms. The van der Waals surface area contributed by atoms with Gasteiger partial charge in [0, 0.05) is 48.9 Å². The highest BCUT2D eigenvalue weighted by Gasteiger charge is 2.37. The minimum Gasteiger partial charge on any atom is -0.307 e. The van der Waals surface area contributed by atoms with Crippen molar-refractivity contribution in [2.45, 2.75) is 19.3 Å². The van der Waals surface area contributed by atoms with Crippen LogP contribution in [0.25, 0.3) is 110 Å². The molecule has 12 aromatic rings. The van der Waals surface area contributed by atoms with E-state index in [1.807, 2.05) is 0 Å². The molecule has 256 valence electrons. The molecule has 0 aliphatic heterocycles. The number of para-hydroxylation sites is 1. The third kappa shape index (κ3) is 3.57. The van der Waals surface area contributed by atoms with Crippen molar-refractivity contribution in [2.24, 2.45) is 0 Å².